The first-order valence-corrected chi connectivity index (χ1v) is 6.04. The van der Waals surface area contributed by atoms with E-state index >= 15 is 0 Å². The molecule has 20 heavy (non-hydrogen) atoms. The number of ketones is 1. The Balaban J connectivity index is 3.04. The normalized spacial score (nSPS) is 11.1. The molecule has 0 spiro atoms. The zero-order valence-electron chi connectivity index (χ0n) is 11.7. The van der Waals surface area contributed by atoms with E-state index in [9.17, 15) is 14.9 Å². The summed E-state index contributed by atoms with van der Waals surface area (Å²) in [5.74, 6) is 0.969. The lowest BCUT2D eigenvalue weighted by Crippen LogP contribution is -2.01. The number of Topliss-reactive ketones (excluding diaryl/α,β-unsaturated/α-hetero) is 1. The maximum absolute atomic E-state index is 11.0. The third-order valence-corrected chi connectivity index (χ3v) is 2.71. The number of nitro groups is 1. The second-order valence-corrected chi connectivity index (χ2v) is 4.21. The van der Waals surface area contributed by atoms with Crippen molar-refractivity contribution in [3.63, 3.8) is 0 Å². The molecular formula is C14H17NO5. The summed E-state index contributed by atoms with van der Waals surface area (Å²) >= 11 is 0. The van der Waals surface area contributed by atoms with Gasteiger partial charge in [-0.15, -0.1) is 0 Å². The van der Waals surface area contributed by atoms with Gasteiger partial charge in [0.05, 0.1) is 19.1 Å². The van der Waals surface area contributed by atoms with Crippen molar-refractivity contribution in [1.29, 1.82) is 0 Å². The van der Waals surface area contributed by atoms with E-state index in [0.717, 1.165) is 0 Å². The van der Waals surface area contributed by atoms with Crippen LogP contribution in [0.4, 0.5) is 0 Å². The van der Waals surface area contributed by atoms with Gasteiger partial charge in [-0.2, -0.15) is 0 Å². The van der Waals surface area contributed by atoms with Gasteiger partial charge >= 0.3 is 0 Å². The van der Waals surface area contributed by atoms with Crippen LogP contribution in [0.1, 0.15) is 25.3 Å². The Bertz CT molecular complexity index is 536. The molecule has 1 aromatic carbocycles. The fraction of sp³-hybridized carbons (Fsp3) is 0.357. The molecule has 0 aliphatic heterocycles. The smallest absolute Gasteiger partial charge is 0.247 e. The number of carbonyl (C=O) groups excluding carboxylic acids is 1. The first kappa shape index (κ1) is 15.7. The van der Waals surface area contributed by atoms with Crippen molar-refractivity contribution >= 4 is 11.9 Å². The summed E-state index contributed by atoms with van der Waals surface area (Å²) in [6, 6.07) is 5.02. The van der Waals surface area contributed by atoms with E-state index in [2.05, 4.69) is 0 Å². The molecule has 0 aliphatic rings. The molecule has 0 bridgehead atoms. The zero-order chi connectivity index (χ0) is 15.1. The molecule has 0 aliphatic carbocycles. The topological polar surface area (TPSA) is 78.7 Å². The van der Waals surface area contributed by atoms with Crippen LogP contribution in [0, 0.1) is 10.1 Å². The van der Waals surface area contributed by atoms with Crippen molar-refractivity contribution in [3.8, 4) is 11.5 Å². The van der Waals surface area contributed by atoms with Crippen LogP contribution in [-0.4, -0.2) is 24.9 Å². The van der Waals surface area contributed by atoms with Crippen LogP contribution in [0.25, 0.3) is 6.08 Å². The SMILES string of the molecule is COc1ccc(/C=C(\CCC(C)=O)[N+](=O)[O-])cc1OC. The number of rotatable bonds is 7. The Hall–Kier alpha value is -2.37. The number of benzene rings is 1. The number of hydrogen-bond acceptors (Lipinski definition) is 5. The Labute approximate surface area is 117 Å². The second-order valence-electron chi connectivity index (χ2n) is 4.21. The number of ether oxygens (including phenoxy) is 2. The minimum Gasteiger partial charge on any atom is -0.493 e. The number of hydrogen-bond donors (Lipinski definition) is 0. The molecule has 0 fully saturated rings. The first-order valence-electron chi connectivity index (χ1n) is 6.04. The standard InChI is InChI=1S/C14H17NO5/c1-10(16)4-6-12(15(17)18)8-11-5-7-13(19-2)14(9-11)20-3/h5,7-9H,4,6H2,1-3H3/b12-8+. The highest BCUT2D eigenvalue weighted by Crippen LogP contribution is 2.28. The molecule has 0 radical (unpaired) electrons. The van der Waals surface area contributed by atoms with Gasteiger partial charge < -0.3 is 14.3 Å². The largest absolute Gasteiger partial charge is 0.493 e. The van der Waals surface area contributed by atoms with Gasteiger partial charge in [0.15, 0.2) is 11.5 Å². The Morgan fingerprint density at radius 1 is 1.25 bits per heavy atom. The van der Waals surface area contributed by atoms with Gasteiger partial charge in [0.25, 0.3) is 0 Å². The second kappa shape index (κ2) is 7.28. The van der Waals surface area contributed by atoms with Crippen molar-refractivity contribution in [2.24, 2.45) is 0 Å². The highest BCUT2D eigenvalue weighted by atomic mass is 16.6. The van der Waals surface area contributed by atoms with E-state index in [1.165, 1.54) is 27.2 Å². The molecule has 1 rings (SSSR count). The number of allylic oxidation sites excluding steroid dienone is 1. The molecule has 0 saturated heterocycles. The first-order chi connectivity index (χ1) is 9.47. The molecule has 0 atom stereocenters. The quantitative estimate of drug-likeness (QED) is 0.566. The van der Waals surface area contributed by atoms with Crippen LogP contribution in [0.15, 0.2) is 23.9 Å². The fourth-order valence-corrected chi connectivity index (χ4v) is 1.66. The van der Waals surface area contributed by atoms with Crippen LogP contribution in [0.3, 0.4) is 0 Å². The van der Waals surface area contributed by atoms with Gasteiger partial charge in [0.1, 0.15) is 5.78 Å². The summed E-state index contributed by atoms with van der Waals surface area (Å²) in [5, 5.41) is 11.0. The summed E-state index contributed by atoms with van der Waals surface area (Å²) in [6.07, 6.45) is 1.70. The molecule has 6 heteroatoms. The Morgan fingerprint density at radius 2 is 1.90 bits per heavy atom. The summed E-state index contributed by atoms with van der Waals surface area (Å²) in [7, 11) is 3.01. The zero-order valence-corrected chi connectivity index (χ0v) is 11.7. The lowest BCUT2D eigenvalue weighted by atomic mass is 10.1. The van der Waals surface area contributed by atoms with Crippen molar-refractivity contribution < 1.29 is 19.2 Å². The van der Waals surface area contributed by atoms with Crippen LogP contribution in [0.2, 0.25) is 0 Å². The van der Waals surface area contributed by atoms with E-state index in [1.807, 2.05) is 0 Å². The van der Waals surface area contributed by atoms with Crippen molar-refractivity contribution in [1.82, 2.24) is 0 Å². The van der Waals surface area contributed by atoms with Gasteiger partial charge in [0.2, 0.25) is 5.70 Å². The molecule has 1 aromatic rings. The van der Waals surface area contributed by atoms with Crippen molar-refractivity contribution in [2.75, 3.05) is 14.2 Å². The molecular weight excluding hydrogens is 262 g/mol. The van der Waals surface area contributed by atoms with Crippen LogP contribution in [0.5, 0.6) is 11.5 Å². The number of methoxy groups -OCH3 is 2. The minimum absolute atomic E-state index is 0.00702. The Morgan fingerprint density at radius 3 is 2.40 bits per heavy atom. The average molecular weight is 279 g/mol. The Kier molecular flexibility index (Phi) is 5.71. The molecule has 6 nitrogen and oxygen atoms in total. The summed E-state index contributed by atoms with van der Waals surface area (Å²) in [4.78, 5) is 21.4. The predicted octanol–water partition coefficient (Wildman–Crippen LogP) is 2.69. The lowest BCUT2D eigenvalue weighted by molar-refractivity contribution is -0.426. The van der Waals surface area contributed by atoms with Crippen LogP contribution < -0.4 is 9.47 Å². The van der Waals surface area contributed by atoms with Gasteiger partial charge in [-0.05, 0) is 24.6 Å². The van der Waals surface area contributed by atoms with Gasteiger partial charge in [-0.25, -0.2) is 0 Å². The van der Waals surface area contributed by atoms with E-state index in [4.69, 9.17) is 9.47 Å². The van der Waals surface area contributed by atoms with E-state index in [-0.39, 0.29) is 24.3 Å². The van der Waals surface area contributed by atoms with Crippen LogP contribution >= 0.6 is 0 Å². The maximum atomic E-state index is 11.0. The highest BCUT2D eigenvalue weighted by Gasteiger charge is 2.13. The molecule has 0 saturated carbocycles. The summed E-state index contributed by atoms with van der Waals surface area (Å²) in [5.41, 5.74) is 0.616. The third kappa shape index (κ3) is 4.38. The molecule has 0 aromatic heterocycles. The predicted molar refractivity (Wildman–Crippen MR) is 74.4 cm³/mol. The highest BCUT2D eigenvalue weighted by molar-refractivity contribution is 5.75. The van der Waals surface area contributed by atoms with Gasteiger partial charge in [-0.3, -0.25) is 10.1 Å². The number of nitrogens with zero attached hydrogens (tertiary/aromatic N) is 1. The molecule has 0 unspecified atom stereocenters. The van der Waals surface area contributed by atoms with Crippen molar-refractivity contribution in [3.05, 3.63) is 39.6 Å². The molecule has 108 valence electrons. The van der Waals surface area contributed by atoms with Gasteiger partial charge in [0, 0.05) is 18.9 Å². The van der Waals surface area contributed by atoms with E-state index in [0.29, 0.717) is 17.1 Å². The fourth-order valence-electron chi connectivity index (χ4n) is 1.66. The number of carbonyl (C=O) groups is 1. The van der Waals surface area contributed by atoms with E-state index < -0.39 is 4.92 Å². The minimum atomic E-state index is -0.473. The molecule has 0 heterocycles. The van der Waals surface area contributed by atoms with E-state index in [1.54, 1.807) is 18.2 Å². The average Bonchev–Trinajstić information content (AvgIpc) is 2.42. The molecule has 0 amide bonds. The third-order valence-electron chi connectivity index (χ3n) is 2.71. The molecule has 0 N–H and O–H groups in total. The summed E-state index contributed by atoms with van der Waals surface area (Å²) < 4.78 is 10.2. The van der Waals surface area contributed by atoms with Gasteiger partial charge in [-0.1, -0.05) is 6.07 Å². The maximum Gasteiger partial charge on any atom is 0.247 e. The monoisotopic (exact) mass is 279 g/mol. The van der Waals surface area contributed by atoms with Crippen LogP contribution in [-0.2, 0) is 4.79 Å². The lowest BCUT2D eigenvalue weighted by Gasteiger charge is -2.07. The van der Waals surface area contributed by atoms with Crippen molar-refractivity contribution in [2.45, 2.75) is 19.8 Å². The summed E-state index contributed by atoms with van der Waals surface area (Å²) in [6.45, 7) is 1.41.